The van der Waals surface area contributed by atoms with Gasteiger partial charge in [0.15, 0.2) is 0 Å². The van der Waals surface area contributed by atoms with Crippen molar-refractivity contribution >= 4 is 11.6 Å². The highest BCUT2D eigenvalue weighted by Gasteiger charge is 2.18. The van der Waals surface area contributed by atoms with E-state index in [9.17, 15) is 0 Å². The van der Waals surface area contributed by atoms with Crippen molar-refractivity contribution in [2.75, 3.05) is 26.1 Å². The van der Waals surface area contributed by atoms with Crippen LogP contribution in [0.2, 0.25) is 0 Å². The second-order valence-corrected chi connectivity index (χ2v) is 4.77. The van der Waals surface area contributed by atoms with Crippen LogP contribution < -0.4 is 14.8 Å². The first-order chi connectivity index (χ1) is 8.63. The van der Waals surface area contributed by atoms with Crippen LogP contribution in [-0.2, 0) is 0 Å². The Kier molecular flexibility index (Phi) is 6.30. The topological polar surface area (TPSA) is 30.5 Å². The van der Waals surface area contributed by atoms with Crippen LogP contribution in [-0.4, -0.2) is 31.7 Å². The Labute approximate surface area is 114 Å². The number of benzene rings is 1. The monoisotopic (exact) mass is 271 g/mol. The van der Waals surface area contributed by atoms with Gasteiger partial charge in [-0.25, -0.2) is 0 Å². The molecule has 0 aromatic heterocycles. The third kappa shape index (κ3) is 4.75. The first-order valence-corrected chi connectivity index (χ1v) is 6.75. The van der Waals surface area contributed by atoms with E-state index < -0.39 is 0 Å². The summed E-state index contributed by atoms with van der Waals surface area (Å²) in [7, 11) is 1.65. The summed E-state index contributed by atoms with van der Waals surface area (Å²) in [4.78, 5) is 0. The van der Waals surface area contributed by atoms with Gasteiger partial charge < -0.3 is 14.8 Å². The van der Waals surface area contributed by atoms with Crippen molar-refractivity contribution in [2.45, 2.75) is 25.8 Å². The minimum atomic E-state index is -0.00910. The van der Waals surface area contributed by atoms with Gasteiger partial charge in [0, 0.05) is 18.0 Å². The smallest absolute Gasteiger partial charge is 0.119 e. The van der Waals surface area contributed by atoms with Crippen LogP contribution in [0.4, 0.5) is 0 Å². The average Bonchev–Trinajstić information content (AvgIpc) is 2.44. The van der Waals surface area contributed by atoms with Gasteiger partial charge in [0.05, 0.1) is 7.11 Å². The fourth-order valence-corrected chi connectivity index (χ4v) is 1.74. The van der Waals surface area contributed by atoms with Gasteiger partial charge in [-0.05, 0) is 37.6 Å². The zero-order chi connectivity index (χ0) is 13.4. The summed E-state index contributed by atoms with van der Waals surface area (Å²) in [5.41, 5.74) is -0.00910. The Morgan fingerprint density at radius 1 is 1.22 bits per heavy atom. The molecule has 0 bridgehead atoms. The highest BCUT2D eigenvalue weighted by molar-refractivity contribution is 6.18. The zero-order valence-electron chi connectivity index (χ0n) is 11.3. The molecule has 1 aromatic rings. The van der Waals surface area contributed by atoms with Gasteiger partial charge in [-0.3, -0.25) is 0 Å². The fourth-order valence-electron chi connectivity index (χ4n) is 1.46. The van der Waals surface area contributed by atoms with Crippen LogP contribution >= 0.6 is 11.6 Å². The largest absolute Gasteiger partial charge is 0.497 e. The van der Waals surface area contributed by atoms with Crippen LogP contribution in [0, 0.1) is 0 Å². The van der Waals surface area contributed by atoms with Gasteiger partial charge in [0.1, 0.15) is 18.1 Å². The predicted octanol–water partition coefficient (Wildman–Crippen LogP) is 3.07. The summed E-state index contributed by atoms with van der Waals surface area (Å²) >= 11 is 5.92. The van der Waals surface area contributed by atoms with Crippen LogP contribution in [0.25, 0.3) is 0 Å². The lowest BCUT2D eigenvalue weighted by Gasteiger charge is -2.27. The lowest BCUT2D eigenvalue weighted by Crippen LogP contribution is -2.45. The Hall–Kier alpha value is -0.930. The maximum atomic E-state index is 5.92. The van der Waals surface area contributed by atoms with E-state index in [2.05, 4.69) is 19.2 Å². The minimum absolute atomic E-state index is 0.00910. The van der Waals surface area contributed by atoms with E-state index in [4.69, 9.17) is 21.1 Å². The van der Waals surface area contributed by atoms with Crippen LogP contribution in [0.1, 0.15) is 20.3 Å². The number of ether oxygens (including phenoxy) is 2. The predicted molar refractivity (Wildman–Crippen MR) is 75.9 cm³/mol. The molecule has 102 valence electrons. The molecule has 18 heavy (non-hydrogen) atoms. The first-order valence-electron chi connectivity index (χ1n) is 6.21. The molecule has 3 nitrogen and oxygen atoms in total. The number of alkyl halides is 1. The minimum Gasteiger partial charge on any atom is -0.497 e. The molecular weight excluding hydrogens is 250 g/mol. The van der Waals surface area contributed by atoms with E-state index in [0.29, 0.717) is 12.5 Å². The summed E-state index contributed by atoms with van der Waals surface area (Å²) in [6, 6.07) is 7.58. The summed E-state index contributed by atoms with van der Waals surface area (Å²) < 4.78 is 10.7. The Bertz CT molecular complexity index is 336. The molecular formula is C14H22ClNO2. The first kappa shape index (κ1) is 15.1. The van der Waals surface area contributed by atoms with Crippen molar-refractivity contribution in [3.63, 3.8) is 0 Å². The van der Waals surface area contributed by atoms with E-state index in [1.54, 1.807) is 7.11 Å². The SMILES string of the molecule is CCC(C)(CCl)NCCOc1ccc(OC)cc1. The number of nitrogens with one attached hydrogen (secondary N) is 1. The van der Waals surface area contributed by atoms with Crippen molar-refractivity contribution in [1.29, 1.82) is 0 Å². The molecule has 0 saturated heterocycles. The summed E-state index contributed by atoms with van der Waals surface area (Å²) in [6.07, 6.45) is 0.999. The molecule has 0 spiro atoms. The molecule has 0 saturated carbocycles. The number of hydrogen-bond acceptors (Lipinski definition) is 3. The third-order valence-electron chi connectivity index (χ3n) is 3.06. The van der Waals surface area contributed by atoms with Crippen molar-refractivity contribution in [3.8, 4) is 11.5 Å². The number of methoxy groups -OCH3 is 1. The van der Waals surface area contributed by atoms with Crippen LogP contribution in [0.3, 0.4) is 0 Å². The fraction of sp³-hybridized carbons (Fsp3) is 0.571. The van der Waals surface area contributed by atoms with E-state index in [1.165, 1.54) is 0 Å². The Balaban J connectivity index is 2.29. The Morgan fingerprint density at radius 2 is 1.83 bits per heavy atom. The molecule has 4 heteroatoms. The molecule has 0 fully saturated rings. The standard InChI is InChI=1S/C14H22ClNO2/c1-4-14(2,11-15)16-9-10-18-13-7-5-12(17-3)6-8-13/h5-8,16H,4,9-11H2,1-3H3. The molecule has 1 N–H and O–H groups in total. The van der Waals surface area contributed by atoms with Gasteiger partial charge >= 0.3 is 0 Å². The molecule has 0 heterocycles. The number of halogens is 1. The molecule has 1 unspecified atom stereocenters. The highest BCUT2D eigenvalue weighted by Crippen LogP contribution is 2.17. The molecule has 0 amide bonds. The second kappa shape index (κ2) is 7.49. The van der Waals surface area contributed by atoms with Gasteiger partial charge in [-0.15, -0.1) is 11.6 Å². The maximum Gasteiger partial charge on any atom is 0.119 e. The quantitative estimate of drug-likeness (QED) is 0.582. The van der Waals surface area contributed by atoms with Crippen molar-refractivity contribution in [2.24, 2.45) is 0 Å². The van der Waals surface area contributed by atoms with Crippen LogP contribution in [0.5, 0.6) is 11.5 Å². The van der Waals surface area contributed by atoms with Crippen molar-refractivity contribution in [3.05, 3.63) is 24.3 Å². The van der Waals surface area contributed by atoms with Gasteiger partial charge in [0.25, 0.3) is 0 Å². The van der Waals surface area contributed by atoms with E-state index in [0.717, 1.165) is 24.5 Å². The summed E-state index contributed by atoms with van der Waals surface area (Å²) in [6.45, 7) is 5.65. The molecule has 0 aliphatic carbocycles. The second-order valence-electron chi connectivity index (χ2n) is 4.50. The third-order valence-corrected chi connectivity index (χ3v) is 3.65. The molecule has 1 atom stereocenters. The molecule has 0 aliphatic rings. The summed E-state index contributed by atoms with van der Waals surface area (Å²) in [5, 5.41) is 3.41. The van der Waals surface area contributed by atoms with Crippen molar-refractivity contribution < 1.29 is 9.47 Å². The summed E-state index contributed by atoms with van der Waals surface area (Å²) in [5.74, 6) is 2.29. The normalized spacial score (nSPS) is 14.0. The lowest BCUT2D eigenvalue weighted by atomic mass is 10.0. The van der Waals surface area contributed by atoms with E-state index in [-0.39, 0.29) is 5.54 Å². The van der Waals surface area contributed by atoms with Gasteiger partial charge in [0.2, 0.25) is 0 Å². The van der Waals surface area contributed by atoms with E-state index >= 15 is 0 Å². The number of rotatable bonds is 8. The Morgan fingerprint density at radius 3 is 2.33 bits per heavy atom. The highest BCUT2D eigenvalue weighted by atomic mass is 35.5. The molecule has 1 aromatic carbocycles. The van der Waals surface area contributed by atoms with Gasteiger partial charge in [-0.2, -0.15) is 0 Å². The zero-order valence-corrected chi connectivity index (χ0v) is 12.1. The lowest BCUT2D eigenvalue weighted by molar-refractivity contribution is 0.282. The maximum absolute atomic E-state index is 5.92. The molecule has 0 aliphatic heterocycles. The molecule has 1 rings (SSSR count). The van der Waals surface area contributed by atoms with E-state index in [1.807, 2.05) is 24.3 Å². The molecule has 0 radical (unpaired) electrons. The number of hydrogen-bond donors (Lipinski definition) is 1. The average molecular weight is 272 g/mol. The van der Waals surface area contributed by atoms with Crippen molar-refractivity contribution in [1.82, 2.24) is 5.32 Å². The van der Waals surface area contributed by atoms with Crippen LogP contribution in [0.15, 0.2) is 24.3 Å². The van der Waals surface area contributed by atoms with Gasteiger partial charge in [-0.1, -0.05) is 6.92 Å².